The molecule has 2 aromatic rings. The third-order valence-corrected chi connectivity index (χ3v) is 6.33. The van der Waals surface area contributed by atoms with Crippen LogP contribution in [0.3, 0.4) is 0 Å². The second-order valence-electron chi connectivity index (χ2n) is 7.75. The Balaban J connectivity index is 1.48. The van der Waals surface area contributed by atoms with Gasteiger partial charge in [0.1, 0.15) is 11.9 Å². The number of hydrogen-bond donors (Lipinski definition) is 2. The number of halogens is 1. The molecule has 5 nitrogen and oxygen atoms in total. The quantitative estimate of drug-likeness (QED) is 0.644. The molecule has 1 atom stereocenters. The van der Waals surface area contributed by atoms with Gasteiger partial charge in [-0.1, -0.05) is 26.0 Å². The van der Waals surface area contributed by atoms with Gasteiger partial charge in [-0.3, -0.25) is 9.59 Å². The monoisotopic (exact) mass is 417 g/mol. The van der Waals surface area contributed by atoms with Gasteiger partial charge in [-0.2, -0.15) is 0 Å². The van der Waals surface area contributed by atoms with E-state index in [1.54, 1.807) is 17.4 Å². The molecule has 1 heterocycles. The van der Waals surface area contributed by atoms with Crippen molar-refractivity contribution in [2.24, 2.45) is 5.92 Å². The molecule has 156 valence electrons. The summed E-state index contributed by atoms with van der Waals surface area (Å²) < 4.78 is 13.8. The van der Waals surface area contributed by atoms with Crippen LogP contribution in [-0.4, -0.2) is 29.4 Å². The van der Waals surface area contributed by atoms with Crippen LogP contribution >= 0.6 is 11.3 Å². The van der Waals surface area contributed by atoms with Crippen molar-refractivity contribution in [2.45, 2.75) is 58.4 Å². The Kier molecular flexibility index (Phi) is 7.36. The molecule has 3 rings (SSSR count). The molecule has 1 unspecified atom stereocenters. The maximum absolute atomic E-state index is 13.8. The van der Waals surface area contributed by atoms with Crippen molar-refractivity contribution in [2.75, 3.05) is 6.54 Å². The molecule has 0 saturated heterocycles. The molecule has 1 aromatic carbocycles. The van der Waals surface area contributed by atoms with Crippen LogP contribution in [0.15, 0.2) is 24.3 Å². The van der Waals surface area contributed by atoms with Gasteiger partial charge in [0.15, 0.2) is 0 Å². The van der Waals surface area contributed by atoms with Gasteiger partial charge in [0.05, 0.1) is 16.3 Å². The van der Waals surface area contributed by atoms with E-state index in [-0.39, 0.29) is 17.4 Å². The fourth-order valence-corrected chi connectivity index (χ4v) is 4.67. The van der Waals surface area contributed by atoms with Crippen LogP contribution in [0.2, 0.25) is 0 Å². The van der Waals surface area contributed by atoms with Gasteiger partial charge >= 0.3 is 0 Å². The molecule has 1 aliphatic rings. The summed E-state index contributed by atoms with van der Waals surface area (Å²) in [7, 11) is 0. The van der Waals surface area contributed by atoms with Gasteiger partial charge in [0, 0.05) is 17.8 Å². The summed E-state index contributed by atoms with van der Waals surface area (Å²) in [5, 5.41) is 6.70. The summed E-state index contributed by atoms with van der Waals surface area (Å²) in [4.78, 5) is 31.1. The Labute approximate surface area is 175 Å². The van der Waals surface area contributed by atoms with Crippen LogP contribution in [0.5, 0.6) is 0 Å². The van der Waals surface area contributed by atoms with E-state index in [9.17, 15) is 14.0 Å². The minimum absolute atomic E-state index is 0.0568. The maximum atomic E-state index is 13.8. The molecule has 29 heavy (non-hydrogen) atoms. The van der Waals surface area contributed by atoms with Gasteiger partial charge in [-0.15, -0.1) is 11.3 Å². The zero-order valence-electron chi connectivity index (χ0n) is 17.0. The van der Waals surface area contributed by atoms with Gasteiger partial charge in [0.2, 0.25) is 5.91 Å². The lowest BCUT2D eigenvalue weighted by Gasteiger charge is -2.22. The first-order chi connectivity index (χ1) is 14.0. The molecule has 2 N–H and O–H groups in total. The predicted molar refractivity (Wildman–Crippen MR) is 113 cm³/mol. The molecular weight excluding hydrogens is 389 g/mol. The number of nitrogens with zero attached hydrogens (tertiary/aromatic N) is 1. The highest BCUT2D eigenvalue weighted by Gasteiger charge is 2.25. The van der Waals surface area contributed by atoms with Gasteiger partial charge in [-0.05, 0) is 50.2 Å². The Morgan fingerprint density at radius 2 is 1.97 bits per heavy atom. The number of aryl methyl sites for hydroxylation is 3. The van der Waals surface area contributed by atoms with Crippen molar-refractivity contribution in [3.63, 3.8) is 0 Å². The highest BCUT2D eigenvalue weighted by atomic mass is 32.1. The van der Waals surface area contributed by atoms with Crippen LogP contribution in [0, 0.1) is 11.7 Å². The summed E-state index contributed by atoms with van der Waals surface area (Å²) in [5.74, 6) is -1.54. The standard InChI is InChI=1S/C22H28FN3O2S/c1-14(2)20(26-21(27)15-8-3-4-9-16(15)23)22(28)24-13-7-12-19-25-17-10-5-6-11-18(17)29-19/h3-4,8-9,14,20H,5-7,10-13H2,1-2H3,(H,24,28)(H,26,27). The highest BCUT2D eigenvalue weighted by molar-refractivity contribution is 7.11. The summed E-state index contributed by atoms with van der Waals surface area (Å²) >= 11 is 1.80. The number of rotatable bonds is 8. The molecule has 1 aromatic heterocycles. The predicted octanol–water partition coefficient (Wildman–Crippen LogP) is 3.66. The largest absolute Gasteiger partial charge is 0.354 e. The molecule has 0 radical (unpaired) electrons. The smallest absolute Gasteiger partial charge is 0.254 e. The molecule has 0 aliphatic heterocycles. The number of benzene rings is 1. The molecule has 1 aliphatic carbocycles. The molecular formula is C22H28FN3O2S. The molecule has 0 saturated carbocycles. The maximum Gasteiger partial charge on any atom is 0.254 e. The topological polar surface area (TPSA) is 71.1 Å². The van der Waals surface area contributed by atoms with Crippen LogP contribution < -0.4 is 10.6 Å². The fraction of sp³-hybridized carbons (Fsp3) is 0.500. The van der Waals surface area contributed by atoms with E-state index >= 15 is 0 Å². The van der Waals surface area contributed by atoms with Crippen LogP contribution in [0.1, 0.15) is 59.0 Å². The fourth-order valence-electron chi connectivity index (χ4n) is 3.47. The van der Waals surface area contributed by atoms with Crippen LogP contribution in [0.4, 0.5) is 4.39 Å². The normalized spacial score (nSPS) is 14.3. The number of nitrogens with one attached hydrogen (secondary N) is 2. The van der Waals surface area contributed by atoms with Gasteiger partial charge in [0.25, 0.3) is 5.91 Å². The van der Waals surface area contributed by atoms with E-state index in [0.29, 0.717) is 6.54 Å². The first-order valence-electron chi connectivity index (χ1n) is 10.3. The summed E-state index contributed by atoms with van der Waals surface area (Å²) in [6.45, 7) is 4.22. The zero-order chi connectivity index (χ0) is 20.8. The molecule has 2 amide bonds. The second-order valence-corrected chi connectivity index (χ2v) is 8.92. The first-order valence-corrected chi connectivity index (χ1v) is 11.1. The molecule has 7 heteroatoms. The van der Waals surface area contributed by atoms with E-state index in [0.717, 1.165) is 30.7 Å². The summed E-state index contributed by atoms with van der Waals surface area (Å²) in [6, 6.07) is 5.05. The molecule has 0 fully saturated rings. The van der Waals surface area contributed by atoms with Gasteiger partial charge in [-0.25, -0.2) is 9.37 Å². The number of carbonyl (C=O) groups is 2. The van der Waals surface area contributed by atoms with E-state index in [4.69, 9.17) is 4.98 Å². The second kappa shape index (κ2) is 9.96. The highest BCUT2D eigenvalue weighted by Crippen LogP contribution is 2.27. The number of amides is 2. The molecule has 0 bridgehead atoms. The lowest BCUT2D eigenvalue weighted by Crippen LogP contribution is -2.50. The number of thiazole rings is 1. The number of aromatic nitrogens is 1. The number of hydrogen-bond acceptors (Lipinski definition) is 4. The Morgan fingerprint density at radius 1 is 1.21 bits per heavy atom. The van der Waals surface area contributed by atoms with Crippen molar-refractivity contribution in [1.82, 2.24) is 15.6 Å². The lowest BCUT2D eigenvalue weighted by atomic mass is 10.0. The molecule has 0 spiro atoms. The van der Waals surface area contributed by atoms with Gasteiger partial charge < -0.3 is 10.6 Å². The third kappa shape index (κ3) is 5.63. The van der Waals surface area contributed by atoms with E-state index < -0.39 is 17.8 Å². The Bertz CT molecular complexity index is 842. The SMILES string of the molecule is CC(C)C(NC(=O)c1ccccc1F)C(=O)NCCCc1nc2c(s1)CCCC2. The summed E-state index contributed by atoms with van der Waals surface area (Å²) in [5.41, 5.74) is 1.20. The van der Waals surface area contributed by atoms with Crippen molar-refractivity contribution < 1.29 is 14.0 Å². The van der Waals surface area contributed by atoms with Crippen LogP contribution in [0.25, 0.3) is 0 Å². The Morgan fingerprint density at radius 3 is 2.69 bits per heavy atom. The van der Waals surface area contributed by atoms with E-state index in [1.165, 1.54) is 41.6 Å². The average molecular weight is 418 g/mol. The average Bonchev–Trinajstić information content (AvgIpc) is 3.12. The van der Waals surface area contributed by atoms with Crippen molar-refractivity contribution in [1.29, 1.82) is 0 Å². The third-order valence-electron chi connectivity index (χ3n) is 5.11. The Hall–Kier alpha value is -2.28. The van der Waals surface area contributed by atoms with Crippen molar-refractivity contribution in [3.8, 4) is 0 Å². The summed E-state index contributed by atoms with van der Waals surface area (Å²) in [6.07, 6.45) is 6.33. The van der Waals surface area contributed by atoms with Crippen molar-refractivity contribution in [3.05, 3.63) is 51.2 Å². The number of carbonyl (C=O) groups excluding carboxylic acids is 2. The van der Waals surface area contributed by atoms with E-state index in [1.807, 2.05) is 13.8 Å². The minimum atomic E-state index is -0.714. The van der Waals surface area contributed by atoms with Crippen LogP contribution in [-0.2, 0) is 24.1 Å². The van der Waals surface area contributed by atoms with Crippen molar-refractivity contribution >= 4 is 23.2 Å². The minimum Gasteiger partial charge on any atom is -0.354 e. The zero-order valence-corrected chi connectivity index (χ0v) is 17.8. The van der Waals surface area contributed by atoms with E-state index in [2.05, 4.69) is 10.6 Å². The first kappa shape index (κ1) is 21.4. The lowest BCUT2D eigenvalue weighted by molar-refractivity contribution is -0.123. The number of fused-ring (bicyclic) bond motifs is 1.